The zero-order valence-corrected chi connectivity index (χ0v) is 5.46. The number of aliphatic hydroxyl groups is 1. The molecule has 1 aliphatic rings. The molecule has 1 aromatic heterocycles. The number of H-pyrrole nitrogens is 1. The normalized spacial score (nSPS) is 24.3. The van der Waals surface area contributed by atoms with Gasteiger partial charge in [0, 0.05) is 13.1 Å². The van der Waals surface area contributed by atoms with Crippen molar-refractivity contribution >= 4 is 0 Å². The second-order valence-corrected chi connectivity index (χ2v) is 2.41. The van der Waals surface area contributed by atoms with E-state index in [9.17, 15) is 5.11 Å². The first-order valence-electron chi connectivity index (χ1n) is 3.29. The summed E-state index contributed by atoms with van der Waals surface area (Å²) in [5.41, 5.74) is 1.79. The standard InChI is InChI=1S/C6H9N3O/c10-5-2-7-1-4-6(5)9-3-8-4/h3,5,7,10H,1-2H2,(H,8,9). The van der Waals surface area contributed by atoms with E-state index in [1.807, 2.05) is 0 Å². The SMILES string of the molecule is OC1CNCc2[nH]cnc21. The lowest BCUT2D eigenvalue weighted by Gasteiger charge is -2.16. The van der Waals surface area contributed by atoms with Gasteiger partial charge in [0.2, 0.25) is 0 Å². The maximum atomic E-state index is 9.31. The van der Waals surface area contributed by atoms with Gasteiger partial charge in [-0.05, 0) is 0 Å². The Balaban J connectivity index is 2.41. The minimum atomic E-state index is -0.435. The molecule has 0 aromatic carbocycles. The first-order chi connectivity index (χ1) is 4.88. The van der Waals surface area contributed by atoms with Crippen molar-refractivity contribution in [2.45, 2.75) is 12.6 Å². The van der Waals surface area contributed by atoms with Gasteiger partial charge in [0.1, 0.15) is 6.10 Å². The van der Waals surface area contributed by atoms with Crippen LogP contribution in [0, 0.1) is 0 Å². The minimum absolute atomic E-state index is 0.435. The number of fused-ring (bicyclic) bond motifs is 1. The number of nitrogens with one attached hydrogen (secondary N) is 2. The Bertz CT molecular complexity index is 233. The van der Waals surface area contributed by atoms with Gasteiger partial charge < -0.3 is 15.4 Å². The summed E-state index contributed by atoms with van der Waals surface area (Å²) in [6.45, 7) is 1.39. The lowest BCUT2D eigenvalue weighted by molar-refractivity contribution is 0.160. The first-order valence-corrected chi connectivity index (χ1v) is 3.29. The molecule has 1 atom stereocenters. The van der Waals surface area contributed by atoms with Gasteiger partial charge in [0.05, 0.1) is 17.7 Å². The van der Waals surface area contributed by atoms with Crippen LogP contribution in [-0.2, 0) is 6.54 Å². The van der Waals surface area contributed by atoms with E-state index in [4.69, 9.17) is 0 Å². The highest BCUT2D eigenvalue weighted by molar-refractivity contribution is 5.16. The van der Waals surface area contributed by atoms with Gasteiger partial charge in [-0.3, -0.25) is 0 Å². The zero-order chi connectivity index (χ0) is 6.97. The molecule has 1 aliphatic heterocycles. The molecule has 0 bridgehead atoms. The molecule has 1 unspecified atom stereocenters. The van der Waals surface area contributed by atoms with Gasteiger partial charge in [0.25, 0.3) is 0 Å². The Kier molecular flexibility index (Phi) is 1.22. The van der Waals surface area contributed by atoms with Crippen molar-refractivity contribution < 1.29 is 5.11 Å². The quantitative estimate of drug-likeness (QED) is 0.456. The molecule has 0 saturated carbocycles. The summed E-state index contributed by atoms with van der Waals surface area (Å²) < 4.78 is 0. The predicted octanol–water partition coefficient (Wildman–Crippen LogP) is -0.454. The van der Waals surface area contributed by atoms with Gasteiger partial charge in [0.15, 0.2) is 0 Å². The van der Waals surface area contributed by atoms with Crippen LogP contribution in [-0.4, -0.2) is 21.6 Å². The number of aromatic nitrogens is 2. The molecule has 0 aliphatic carbocycles. The minimum Gasteiger partial charge on any atom is -0.385 e. The Morgan fingerprint density at radius 3 is 3.40 bits per heavy atom. The van der Waals surface area contributed by atoms with Gasteiger partial charge in [-0.25, -0.2) is 4.98 Å². The summed E-state index contributed by atoms with van der Waals surface area (Å²) in [7, 11) is 0. The molecule has 10 heavy (non-hydrogen) atoms. The van der Waals surface area contributed by atoms with Crippen LogP contribution in [0.15, 0.2) is 6.33 Å². The second-order valence-electron chi connectivity index (χ2n) is 2.41. The van der Waals surface area contributed by atoms with Crippen LogP contribution in [0.1, 0.15) is 17.5 Å². The van der Waals surface area contributed by atoms with Crippen molar-refractivity contribution in [1.29, 1.82) is 0 Å². The van der Waals surface area contributed by atoms with E-state index in [2.05, 4.69) is 15.3 Å². The van der Waals surface area contributed by atoms with Crippen LogP contribution in [0.25, 0.3) is 0 Å². The zero-order valence-electron chi connectivity index (χ0n) is 5.46. The third kappa shape index (κ3) is 0.732. The van der Waals surface area contributed by atoms with Crippen molar-refractivity contribution in [3.8, 4) is 0 Å². The molecule has 2 heterocycles. The molecule has 2 rings (SSSR count). The molecule has 0 amide bonds. The molecule has 54 valence electrons. The Morgan fingerprint density at radius 2 is 2.60 bits per heavy atom. The maximum Gasteiger partial charge on any atom is 0.110 e. The second kappa shape index (κ2) is 2.07. The van der Waals surface area contributed by atoms with Gasteiger partial charge in [-0.2, -0.15) is 0 Å². The smallest absolute Gasteiger partial charge is 0.110 e. The number of hydrogen-bond acceptors (Lipinski definition) is 3. The number of rotatable bonds is 0. The van der Waals surface area contributed by atoms with Crippen molar-refractivity contribution in [1.82, 2.24) is 15.3 Å². The van der Waals surface area contributed by atoms with Crippen LogP contribution < -0.4 is 5.32 Å². The largest absolute Gasteiger partial charge is 0.385 e. The van der Waals surface area contributed by atoms with E-state index >= 15 is 0 Å². The molecule has 1 aromatic rings. The van der Waals surface area contributed by atoms with E-state index in [1.54, 1.807) is 6.33 Å². The average Bonchev–Trinajstić information content (AvgIpc) is 2.36. The summed E-state index contributed by atoms with van der Waals surface area (Å²) in [6.07, 6.45) is 1.18. The molecule has 0 radical (unpaired) electrons. The van der Waals surface area contributed by atoms with Crippen LogP contribution >= 0.6 is 0 Å². The number of hydrogen-bond donors (Lipinski definition) is 3. The van der Waals surface area contributed by atoms with Gasteiger partial charge in [-0.1, -0.05) is 0 Å². The highest BCUT2D eigenvalue weighted by Crippen LogP contribution is 2.16. The number of aliphatic hydroxyl groups excluding tert-OH is 1. The summed E-state index contributed by atoms with van der Waals surface area (Å²) >= 11 is 0. The molecule has 3 N–H and O–H groups in total. The predicted molar refractivity (Wildman–Crippen MR) is 35.3 cm³/mol. The van der Waals surface area contributed by atoms with Gasteiger partial charge in [-0.15, -0.1) is 0 Å². The lowest BCUT2D eigenvalue weighted by Crippen LogP contribution is -2.27. The molecule has 4 nitrogen and oxygen atoms in total. The topological polar surface area (TPSA) is 60.9 Å². The summed E-state index contributed by atoms with van der Waals surface area (Å²) in [5.74, 6) is 0. The molecule has 0 saturated heterocycles. The third-order valence-electron chi connectivity index (χ3n) is 1.71. The van der Waals surface area contributed by atoms with E-state index in [0.717, 1.165) is 17.9 Å². The maximum absolute atomic E-state index is 9.31. The lowest BCUT2D eigenvalue weighted by atomic mass is 10.1. The number of aromatic amines is 1. The molecule has 0 fully saturated rings. The molecular formula is C6H9N3O. The van der Waals surface area contributed by atoms with E-state index < -0.39 is 6.10 Å². The Morgan fingerprint density at radius 1 is 1.70 bits per heavy atom. The van der Waals surface area contributed by atoms with E-state index in [1.165, 1.54) is 0 Å². The average molecular weight is 139 g/mol. The van der Waals surface area contributed by atoms with Crippen LogP contribution in [0.4, 0.5) is 0 Å². The third-order valence-corrected chi connectivity index (χ3v) is 1.71. The van der Waals surface area contributed by atoms with Crippen molar-refractivity contribution in [2.75, 3.05) is 6.54 Å². The Labute approximate surface area is 58.3 Å². The summed E-state index contributed by atoms with van der Waals surface area (Å²) in [6, 6.07) is 0. The first kappa shape index (κ1) is 5.88. The van der Waals surface area contributed by atoms with E-state index in [0.29, 0.717) is 6.54 Å². The van der Waals surface area contributed by atoms with E-state index in [-0.39, 0.29) is 0 Å². The summed E-state index contributed by atoms with van der Waals surface area (Å²) in [4.78, 5) is 6.95. The number of β-amino-alcohol motifs (C(OH)–C–C–N with tert-alkyl or cyclic N) is 1. The van der Waals surface area contributed by atoms with Crippen LogP contribution in [0.3, 0.4) is 0 Å². The fourth-order valence-electron chi connectivity index (χ4n) is 1.19. The van der Waals surface area contributed by atoms with Crippen LogP contribution in [0.5, 0.6) is 0 Å². The molecule has 0 spiro atoms. The number of imidazole rings is 1. The van der Waals surface area contributed by atoms with Crippen molar-refractivity contribution in [3.63, 3.8) is 0 Å². The molecule has 4 heteroatoms. The molecular weight excluding hydrogens is 130 g/mol. The van der Waals surface area contributed by atoms with Crippen molar-refractivity contribution in [2.24, 2.45) is 0 Å². The fourth-order valence-corrected chi connectivity index (χ4v) is 1.19. The van der Waals surface area contributed by atoms with Crippen LogP contribution in [0.2, 0.25) is 0 Å². The van der Waals surface area contributed by atoms with Gasteiger partial charge >= 0.3 is 0 Å². The monoisotopic (exact) mass is 139 g/mol. The highest BCUT2D eigenvalue weighted by atomic mass is 16.3. The summed E-state index contributed by atoms with van der Waals surface area (Å²) in [5, 5.41) is 12.4. The highest BCUT2D eigenvalue weighted by Gasteiger charge is 2.18. The number of nitrogens with zero attached hydrogens (tertiary/aromatic N) is 1. The fraction of sp³-hybridized carbons (Fsp3) is 0.500. The van der Waals surface area contributed by atoms with Crippen molar-refractivity contribution in [3.05, 3.63) is 17.7 Å². The Hall–Kier alpha value is -0.870.